The van der Waals surface area contributed by atoms with Gasteiger partial charge in [0.05, 0.1) is 17.7 Å². The number of fused-ring (bicyclic) bond motifs is 3. The molecule has 2 aliphatic rings. The van der Waals surface area contributed by atoms with Gasteiger partial charge in [-0.3, -0.25) is 0 Å². The monoisotopic (exact) mass is 323 g/mol. The van der Waals surface area contributed by atoms with Crippen LogP contribution < -0.4 is 5.32 Å². The molecule has 2 N–H and O–H groups in total. The van der Waals surface area contributed by atoms with Gasteiger partial charge in [0, 0.05) is 23.8 Å². The van der Waals surface area contributed by atoms with Crippen LogP contribution in [0.15, 0.2) is 42.5 Å². The molecule has 2 aromatic carbocycles. The Morgan fingerprint density at radius 3 is 2.75 bits per heavy atom. The summed E-state index contributed by atoms with van der Waals surface area (Å²) in [6, 6.07) is 13.7. The summed E-state index contributed by atoms with van der Waals surface area (Å²) in [7, 11) is 0. The third kappa shape index (κ3) is 2.47. The summed E-state index contributed by atoms with van der Waals surface area (Å²) in [6.07, 6.45) is 2.28. The fourth-order valence-corrected chi connectivity index (χ4v) is 4.02. The SMILES string of the molecule is Cc1cccc2c1N[C@@H](c1ccc(C(=O)O)cc1)[C@@H]1CCCO[C@H]21. The lowest BCUT2D eigenvalue weighted by Gasteiger charge is -2.44. The van der Waals surface area contributed by atoms with Crippen LogP contribution in [0.2, 0.25) is 0 Å². The highest BCUT2D eigenvalue weighted by atomic mass is 16.5. The first-order chi connectivity index (χ1) is 11.6. The van der Waals surface area contributed by atoms with Crippen LogP contribution in [-0.4, -0.2) is 17.7 Å². The summed E-state index contributed by atoms with van der Waals surface area (Å²) in [5.41, 5.74) is 5.07. The summed E-state index contributed by atoms with van der Waals surface area (Å²) in [4.78, 5) is 11.1. The normalized spacial score (nSPS) is 25.3. The maximum atomic E-state index is 11.1. The molecule has 0 radical (unpaired) electrons. The van der Waals surface area contributed by atoms with Gasteiger partial charge in [-0.2, -0.15) is 0 Å². The average molecular weight is 323 g/mol. The number of nitrogens with one attached hydrogen (secondary N) is 1. The molecule has 2 heterocycles. The van der Waals surface area contributed by atoms with Crippen LogP contribution in [-0.2, 0) is 4.74 Å². The number of rotatable bonds is 2. The zero-order valence-electron chi connectivity index (χ0n) is 13.7. The van der Waals surface area contributed by atoms with Gasteiger partial charge >= 0.3 is 5.97 Å². The summed E-state index contributed by atoms with van der Waals surface area (Å²) in [6.45, 7) is 2.92. The Labute approximate surface area is 141 Å². The van der Waals surface area contributed by atoms with Crippen LogP contribution in [0.25, 0.3) is 0 Å². The van der Waals surface area contributed by atoms with Crippen LogP contribution in [0.3, 0.4) is 0 Å². The van der Waals surface area contributed by atoms with E-state index in [1.54, 1.807) is 12.1 Å². The number of hydrogen-bond donors (Lipinski definition) is 2. The zero-order chi connectivity index (χ0) is 16.7. The van der Waals surface area contributed by atoms with E-state index in [0.29, 0.717) is 11.5 Å². The van der Waals surface area contributed by atoms with E-state index in [1.165, 1.54) is 11.1 Å². The van der Waals surface area contributed by atoms with Crippen molar-refractivity contribution in [2.24, 2.45) is 5.92 Å². The van der Waals surface area contributed by atoms with Crippen molar-refractivity contribution in [2.45, 2.75) is 31.9 Å². The lowest BCUT2D eigenvalue weighted by Crippen LogP contribution is -2.36. The largest absolute Gasteiger partial charge is 0.478 e. The molecule has 4 rings (SSSR count). The molecule has 0 amide bonds. The van der Waals surface area contributed by atoms with Crippen LogP contribution in [0.5, 0.6) is 0 Å². The van der Waals surface area contributed by atoms with Gasteiger partial charge in [0.1, 0.15) is 0 Å². The van der Waals surface area contributed by atoms with E-state index in [1.807, 2.05) is 12.1 Å². The molecule has 4 heteroatoms. The van der Waals surface area contributed by atoms with Crippen molar-refractivity contribution in [3.63, 3.8) is 0 Å². The molecule has 0 saturated carbocycles. The number of anilines is 1. The number of para-hydroxylation sites is 1. The number of carbonyl (C=O) groups is 1. The van der Waals surface area contributed by atoms with E-state index in [4.69, 9.17) is 9.84 Å². The van der Waals surface area contributed by atoms with Gasteiger partial charge in [-0.1, -0.05) is 30.3 Å². The summed E-state index contributed by atoms with van der Waals surface area (Å²) >= 11 is 0. The highest BCUT2D eigenvalue weighted by molar-refractivity contribution is 5.87. The summed E-state index contributed by atoms with van der Waals surface area (Å²) in [5.74, 6) is -0.526. The third-order valence-electron chi connectivity index (χ3n) is 5.22. The third-order valence-corrected chi connectivity index (χ3v) is 5.22. The van der Waals surface area contributed by atoms with Crippen molar-refractivity contribution in [3.05, 3.63) is 64.7 Å². The van der Waals surface area contributed by atoms with Gasteiger partial charge in [-0.15, -0.1) is 0 Å². The molecule has 3 atom stereocenters. The Morgan fingerprint density at radius 2 is 2.00 bits per heavy atom. The van der Waals surface area contributed by atoms with E-state index in [-0.39, 0.29) is 12.1 Å². The molecule has 0 aliphatic carbocycles. The molecule has 1 fully saturated rings. The highest BCUT2D eigenvalue weighted by Gasteiger charge is 2.40. The van der Waals surface area contributed by atoms with E-state index in [0.717, 1.165) is 30.7 Å². The van der Waals surface area contributed by atoms with E-state index < -0.39 is 5.97 Å². The Hall–Kier alpha value is -2.33. The van der Waals surface area contributed by atoms with E-state index in [9.17, 15) is 4.79 Å². The fourth-order valence-electron chi connectivity index (χ4n) is 4.02. The predicted molar refractivity (Wildman–Crippen MR) is 92.4 cm³/mol. The van der Waals surface area contributed by atoms with Crippen molar-refractivity contribution in [1.29, 1.82) is 0 Å². The van der Waals surface area contributed by atoms with Crippen molar-refractivity contribution in [2.75, 3.05) is 11.9 Å². The number of benzene rings is 2. The summed E-state index contributed by atoms with van der Waals surface area (Å²) in [5, 5.41) is 12.8. The van der Waals surface area contributed by atoms with Crippen LogP contribution in [0, 0.1) is 12.8 Å². The minimum atomic E-state index is -0.891. The van der Waals surface area contributed by atoms with Crippen molar-refractivity contribution in [3.8, 4) is 0 Å². The van der Waals surface area contributed by atoms with Gasteiger partial charge in [0.25, 0.3) is 0 Å². The lowest BCUT2D eigenvalue weighted by atomic mass is 9.77. The van der Waals surface area contributed by atoms with Crippen LogP contribution in [0.1, 0.15) is 52.0 Å². The molecule has 1 saturated heterocycles. The minimum absolute atomic E-state index is 0.110. The van der Waals surface area contributed by atoms with E-state index >= 15 is 0 Å². The number of hydrogen-bond acceptors (Lipinski definition) is 3. The quantitative estimate of drug-likeness (QED) is 0.864. The van der Waals surface area contributed by atoms with Gasteiger partial charge in [0.2, 0.25) is 0 Å². The minimum Gasteiger partial charge on any atom is -0.478 e. The van der Waals surface area contributed by atoms with E-state index in [2.05, 4.69) is 30.4 Å². The van der Waals surface area contributed by atoms with Crippen molar-refractivity contribution < 1.29 is 14.6 Å². The Bertz CT molecular complexity index is 769. The molecule has 0 unspecified atom stereocenters. The fraction of sp³-hybridized carbons (Fsp3) is 0.350. The van der Waals surface area contributed by atoms with Crippen molar-refractivity contribution in [1.82, 2.24) is 0 Å². The van der Waals surface area contributed by atoms with Crippen LogP contribution >= 0.6 is 0 Å². The van der Waals surface area contributed by atoms with Gasteiger partial charge in [-0.05, 0) is 43.0 Å². The Balaban J connectivity index is 1.75. The van der Waals surface area contributed by atoms with Crippen LogP contribution in [0.4, 0.5) is 5.69 Å². The first kappa shape index (κ1) is 15.2. The Kier molecular flexibility index (Phi) is 3.77. The first-order valence-corrected chi connectivity index (χ1v) is 8.46. The maximum absolute atomic E-state index is 11.1. The molecule has 24 heavy (non-hydrogen) atoms. The van der Waals surface area contributed by atoms with Gasteiger partial charge in [-0.25, -0.2) is 4.79 Å². The standard InChI is InChI=1S/C20H21NO3/c1-12-4-2-5-15-17(12)21-18(16-6-3-11-24-19(15)16)13-7-9-14(10-8-13)20(22)23/h2,4-5,7-10,16,18-19,21H,3,6,11H2,1H3,(H,22,23)/t16-,18-,19+/m0/s1. The number of ether oxygens (including phenoxy) is 1. The van der Waals surface area contributed by atoms with Gasteiger partial charge < -0.3 is 15.2 Å². The number of carboxylic acids is 1. The average Bonchev–Trinajstić information content (AvgIpc) is 2.61. The number of aryl methyl sites for hydroxylation is 1. The molecule has 4 nitrogen and oxygen atoms in total. The maximum Gasteiger partial charge on any atom is 0.335 e. The second kappa shape index (κ2) is 5.95. The molecular formula is C20H21NO3. The highest BCUT2D eigenvalue weighted by Crippen LogP contribution is 2.49. The molecule has 2 aromatic rings. The Morgan fingerprint density at radius 1 is 1.21 bits per heavy atom. The number of aromatic carboxylic acids is 1. The number of carboxylic acid groups (broad SMARTS) is 1. The van der Waals surface area contributed by atoms with Crippen molar-refractivity contribution >= 4 is 11.7 Å². The summed E-state index contributed by atoms with van der Waals surface area (Å²) < 4.78 is 6.14. The molecule has 124 valence electrons. The smallest absolute Gasteiger partial charge is 0.335 e. The first-order valence-electron chi connectivity index (χ1n) is 8.46. The second-order valence-corrected chi connectivity index (χ2v) is 6.69. The lowest BCUT2D eigenvalue weighted by molar-refractivity contribution is -0.0381. The predicted octanol–water partition coefficient (Wildman–Crippen LogP) is 4.33. The second-order valence-electron chi connectivity index (χ2n) is 6.69. The topological polar surface area (TPSA) is 58.6 Å². The molecule has 0 aromatic heterocycles. The zero-order valence-corrected chi connectivity index (χ0v) is 13.7. The molecule has 0 spiro atoms. The molecule has 0 bridgehead atoms. The van der Waals surface area contributed by atoms with Gasteiger partial charge in [0.15, 0.2) is 0 Å². The molecular weight excluding hydrogens is 302 g/mol. The molecule has 2 aliphatic heterocycles.